The number of likely N-dealkylation sites (N-methyl/N-ethyl adjacent to an activating group) is 1. The van der Waals surface area contributed by atoms with E-state index < -0.39 is 18.1 Å². The van der Waals surface area contributed by atoms with E-state index in [2.05, 4.69) is 9.97 Å². The maximum absolute atomic E-state index is 14.9. The van der Waals surface area contributed by atoms with E-state index in [-0.39, 0.29) is 23.5 Å². The number of H-pyrrole nitrogens is 1. The van der Waals surface area contributed by atoms with Crippen LogP contribution in [0.2, 0.25) is 0 Å². The SMILES string of the molecule is CSC(=O)N(C)C1CN(c2ccc(N3CCN(C(=O)c4ncc[nH]4)CC3)c(F)c2)C(=O)O1. The maximum atomic E-state index is 14.9. The van der Waals surface area contributed by atoms with Crippen molar-refractivity contribution in [2.45, 2.75) is 6.23 Å². The molecular formula is C20H23FN6O4S. The zero-order chi connectivity index (χ0) is 22.8. The van der Waals surface area contributed by atoms with Crippen LogP contribution >= 0.6 is 11.8 Å². The number of anilines is 2. The second kappa shape index (κ2) is 9.07. The lowest BCUT2D eigenvalue weighted by molar-refractivity contribution is 0.0668. The van der Waals surface area contributed by atoms with Crippen LogP contribution in [0.25, 0.3) is 0 Å². The molecule has 2 fully saturated rings. The van der Waals surface area contributed by atoms with Crippen molar-refractivity contribution >= 4 is 40.4 Å². The van der Waals surface area contributed by atoms with Crippen LogP contribution in [0.3, 0.4) is 0 Å². The molecule has 1 aromatic carbocycles. The topological polar surface area (TPSA) is 102 Å². The number of halogens is 1. The van der Waals surface area contributed by atoms with Gasteiger partial charge < -0.3 is 19.5 Å². The van der Waals surface area contributed by atoms with Gasteiger partial charge >= 0.3 is 6.09 Å². The van der Waals surface area contributed by atoms with Crippen molar-refractivity contribution in [1.29, 1.82) is 0 Å². The number of cyclic esters (lactones) is 1. The molecule has 2 aromatic rings. The molecule has 0 bridgehead atoms. The van der Waals surface area contributed by atoms with E-state index in [1.54, 1.807) is 36.5 Å². The van der Waals surface area contributed by atoms with E-state index in [1.165, 1.54) is 22.1 Å². The number of hydrogen-bond donors (Lipinski definition) is 1. The Bertz CT molecular complexity index is 1010. The lowest BCUT2D eigenvalue weighted by Gasteiger charge is -2.36. The summed E-state index contributed by atoms with van der Waals surface area (Å²) < 4.78 is 20.2. The second-order valence-corrected chi connectivity index (χ2v) is 8.14. The molecule has 3 amide bonds. The Morgan fingerprint density at radius 3 is 2.66 bits per heavy atom. The Morgan fingerprint density at radius 2 is 2.03 bits per heavy atom. The summed E-state index contributed by atoms with van der Waals surface area (Å²) in [4.78, 5) is 49.5. The highest BCUT2D eigenvalue weighted by molar-refractivity contribution is 8.12. The van der Waals surface area contributed by atoms with Gasteiger partial charge in [0.1, 0.15) is 5.82 Å². The fraction of sp³-hybridized carbons (Fsp3) is 0.400. The molecule has 0 radical (unpaired) electrons. The first-order chi connectivity index (χ1) is 15.4. The summed E-state index contributed by atoms with van der Waals surface area (Å²) in [5, 5.41) is -0.226. The summed E-state index contributed by atoms with van der Waals surface area (Å²) in [5.41, 5.74) is 0.757. The predicted molar refractivity (Wildman–Crippen MR) is 117 cm³/mol. The highest BCUT2D eigenvalue weighted by Crippen LogP contribution is 2.29. The highest BCUT2D eigenvalue weighted by Gasteiger charge is 2.37. The number of nitrogens with one attached hydrogen (secondary N) is 1. The summed E-state index contributed by atoms with van der Waals surface area (Å²) in [6.07, 6.45) is 3.40. The molecule has 2 saturated heterocycles. The minimum absolute atomic E-state index is 0.119. The number of carbonyl (C=O) groups excluding carboxylic acids is 3. The molecule has 2 aliphatic heterocycles. The molecule has 1 N–H and O–H groups in total. The molecule has 12 heteroatoms. The highest BCUT2D eigenvalue weighted by atomic mass is 32.2. The number of carbonyl (C=O) groups is 3. The molecule has 4 rings (SSSR count). The molecule has 2 aliphatic rings. The number of amides is 3. The lowest BCUT2D eigenvalue weighted by atomic mass is 10.2. The van der Waals surface area contributed by atoms with Crippen molar-refractivity contribution in [3.8, 4) is 0 Å². The Balaban J connectivity index is 1.40. The van der Waals surface area contributed by atoms with Crippen molar-refractivity contribution in [1.82, 2.24) is 19.8 Å². The van der Waals surface area contributed by atoms with Gasteiger partial charge in [-0.1, -0.05) is 11.8 Å². The number of aromatic nitrogens is 2. The average molecular weight is 463 g/mol. The maximum Gasteiger partial charge on any atom is 0.416 e. The van der Waals surface area contributed by atoms with Crippen LogP contribution in [0.4, 0.5) is 25.4 Å². The number of hydrogen-bond acceptors (Lipinski definition) is 7. The van der Waals surface area contributed by atoms with Gasteiger partial charge in [0.25, 0.3) is 11.1 Å². The van der Waals surface area contributed by atoms with Crippen molar-refractivity contribution < 1.29 is 23.5 Å². The van der Waals surface area contributed by atoms with Crippen LogP contribution < -0.4 is 9.80 Å². The standard InChI is InChI=1S/C20H23FN6O4S/c1-24(20(30)32-2)16-12-27(19(29)31-16)13-3-4-15(14(21)11-13)25-7-9-26(10-8-25)18(28)17-22-5-6-23-17/h3-6,11,16H,7-10,12H2,1-2H3,(H,22,23). The molecule has 32 heavy (non-hydrogen) atoms. The molecule has 0 spiro atoms. The zero-order valence-electron chi connectivity index (χ0n) is 17.7. The van der Waals surface area contributed by atoms with Gasteiger partial charge in [0.15, 0.2) is 12.1 Å². The van der Waals surface area contributed by atoms with Crippen LogP contribution in [0.15, 0.2) is 30.6 Å². The fourth-order valence-electron chi connectivity index (χ4n) is 3.72. The minimum Gasteiger partial charge on any atom is -0.423 e. The normalized spacial score (nSPS) is 18.7. The number of ether oxygens (including phenoxy) is 1. The molecule has 1 aromatic heterocycles. The van der Waals surface area contributed by atoms with Gasteiger partial charge in [-0.3, -0.25) is 19.4 Å². The summed E-state index contributed by atoms with van der Waals surface area (Å²) in [6, 6.07) is 4.56. The first-order valence-electron chi connectivity index (χ1n) is 10.0. The van der Waals surface area contributed by atoms with Gasteiger partial charge in [-0.2, -0.15) is 0 Å². The first-order valence-corrected chi connectivity index (χ1v) is 11.2. The Kier molecular flexibility index (Phi) is 6.21. The number of rotatable bonds is 4. The predicted octanol–water partition coefficient (Wildman–Crippen LogP) is 2.21. The van der Waals surface area contributed by atoms with Gasteiger partial charge in [-0.25, -0.2) is 14.2 Å². The van der Waals surface area contributed by atoms with E-state index in [4.69, 9.17) is 4.74 Å². The van der Waals surface area contributed by atoms with Gasteiger partial charge in [0.05, 0.1) is 17.9 Å². The number of thioether (sulfide) groups is 1. The van der Waals surface area contributed by atoms with Crippen LogP contribution in [-0.4, -0.2) is 89.3 Å². The number of benzene rings is 1. The monoisotopic (exact) mass is 462 g/mol. The third kappa shape index (κ3) is 4.22. The number of piperazine rings is 1. The van der Waals surface area contributed by atoms with Crippen LogP contribution in [0.5, 0.6) is 0 Å². The summed E-state index contributed by atoms with van der Waals surface area (Å²) in [7, 11) is 1.56. The summed E-state index contributed by atoms with van der Waals surface area (Å²) in [5.74, 6) is -0.370. The molecule has 0 aliphatic carbocycles. The van der Waals surface area contributed by atoms with Crippen molar-refractivity contribution in [3.05, 3.63) is 42.2 Å². The van der Waals surface area contributed by atoms with E-state index >= 15 is 0 Å². The van der Waals surface area contributed by atoms with E-state index in [0.29, 0.717) is 37.6 Å². The van der Waals surface area contributed by atoms with Crippen molar-refractivity contribution in [3.63, 3.8) is 0 Å². The molecule has 10 nitrogen and oxygen atoms in total. The van der Waals surface area contributed by atoms with Gasteiger partial charge in [-0.05, 0) is 24.5 Å². The zero-order valence-corrected chi connectivity index (χ0v) is 18.5. The molecule has 1 unspecified atom stereocenters. The fourth-order valence-corrected chi connectivity index (χ4v) is 4.13. The Hall–Kier alpha value is -3.28. The molecule has 170 valence electrons. The molecule has 1 atom stereocenters. The van der Waals surface area contributed by atoms with E-state index in [0.717, 1.165) is 11.8 Å². The average Bonchev–Trinajstić information content (AvgIpc) is 3.48. The van der Waals surface area contributed by atoms with E-state index in [9.17, 15) is 18.8 Å². The number of nitrogens with zero attached hydrogens (tertiary/aromatic N) is 5. The Labute approximate surface area is 188 Å². The largest absolute Gasteiger partial charge is 0.423 e. The van der Waals surface area contributed by atoms with Gasteiger partial charge in [0.2, 0.25) is 0 Å². The third-order valence-corrected chi connectivity index (χ3v) is 6.18. The smallest absolute Gasteiger partial charge is 0.416 e. The number of imidazole rings is 1. The lowest BCUT2D eigenvalue weighted by Crippen LogP contribution is -2.49. The summed E-state index contributed by atoms with van der Waals surface area (Å²) in [6.45, 7) is 1.94. The van der Waals surface area contributed by atoms with E-state index in [1.807, 2.05) is 4.90 Å². The van der Waals surface area contributed by atoms with Crippen LogP contribution in [0, 0.1) is 5.82 Å². The first kappa shape index (κ1) is 21.9. The van der Waals surface area contributed by atoms with Crippen molar-refractivity contribution in [2.24, 2.45) is 0 Å². The van der Waals surface area contributed by atoms with Crippen LogP contribution in [0.1, 0.15) is 10.6 Å². The van der Waals surface area contributed by atoms with Crippen LogP contribution in [-0.2, 0) is 4.74 Å². The quantitative estimate of drug-likeness (QED) is 0.743. The number of aromatic amines is 1. The molecule has 0 saturated carbocycles. The molecular weight excluding hydrogens is 439 g/mol. The Morgan fingerprint density at radius 1 is 1.28 bits per heavy atom. The minimum atomic E-state index is -0.732. The van der Waals surface area contributed by atoms with Gasteiger partial charge in [-0.15, -0.1) is 0 Å². The summed E-state index contributed by atoms with van der Waals surface area (Å²) >= 11 is 1.02. The second-order valence-electron chi connectivity index (χ2n) is 7.38. The van der Waals surface area contributed by atoms with Crippen molar-refractivity contribution in [2.75, 3.05) is 55.8 Å². The third-order valence-electron chi connectivity index (χ3n) is 5.54. The van der Waals surface area contributed by atoms with Gasteiger partial charge in [0, 0.05) is 45.6 Å². The molecule has 3 heterocycles.